The Balaban J connectivity index is 1.66. The number of hydrogen-bond donors (Lipinski definition) is 1. The van der Waals surface area contributed by atoms with Crippen LogP contribution in [0, 0.1) is 0 Å². The van der Waals surface area contributed by atoms with Crippen LogP contribution < -0.4 is 5.32 Å². The summed E-state index contributed by atoms with van der Waals surface area (Å²) in [5.74, 6) is 1.67. The van der Waals surface area contributed by atoms with Crippen LogP contribution in [0.1, 0.15) is 31.5 Å². The standard InChI is InChI=1S/C15H19ClN6O/c1-2-21-10-18-20-14(21)11-4-3-7-22(9-11)15(23)19-13-6-5-12(16)8-17-13/h5-6,8,10-11H,2-4,7,9H2,1H3,(H,17,19,23)/t11-/m0/s1. The van der Waals surface area contributed by atoms with Gasteiger partial charge in [0.1, 0.15) is 18.0 Å². The Labute approximate surface area is 139 Å². The highest BCUT2D eigenvalue weighted by Gasteiger charge is 2.27. The smallest absolute Gasteiger partial charge is 0.323 e. The fourth-order valence-electron chi connectivity index (χ4n) is 2.83. The molecule has 2 amide bonds. The molecule has 7 nitrogen and oxygen atoms in total. The highest BCUT2D eigenvalue weighted by Crippen LogP contribution is 2.25. The molecule has 0 radical (unpaired) electrons. The molecule has 1 fully saturated rings. The van der Waals surface area contributed by atoms with E-state index in [0.717, 1.165) is 31.8 Å². The molecule has 2 aromatic rings. The second-order valence-corrected chi connectivity index (χ2v) is 5.99. The molecule has 0 saturated carbocycles. The largest absolute Gasteiger partial charge is 0.324 e. The Morgan fingerprint density at radius 1 is 1.48 bits per heavy atom. The van der Waals surface area contributed by atoms with E-state index >= 15 is 0 Å². The third-order valence-electron chi connectivity index (χ3n) is 4.02. The fraction of sp³-hybridized carbons (Fsp3) is 0.467. The summed E-state index contributed by atoms with van der Waals surface area (Å²) in [5.41, 5.74) is 0. The molecule has 122 valence electrons. The van der Waals surface area contributed by atoms with Crippen molar-refractivity contribution < 1.29 is 4.79 Å². The van der Waals surface area contributed by atoms with Crippen LogP contribution in [0.3, 0.4) is 0 Å². The molecule has 0 bridgehead atoms. The van der Waals surface area contributed by atoms with Crippen LogP contribution >= 0.6 is 11.6 Å². The van der Waals surface area contributed by atoms with Crippen molar-refractivity contribution >= 4 is 23.4 Å². The molecular formula is C15H19ClN6O. The third-order valence-corrected chi connectivity index (χ3v) is 4.25. The maximum Gasteiger partial charge on any atom is 0.323 e. The van der Waals surface area contributed by atoms with Gasteiger partial charge in [-0.05, 0) is 31.9 Å². The highest BCUT2D eigenvalue weighted by molar-refractivity contribution is 6.30. The Hall–Kier alpha value is -2.15. The Bertz CT molecular complexity index is 671. The van der Waals surface area contributed by atoms with E-state index in [0.29, 0.717) is 17.4 Å². The number of carbonyl (C=O) groups is 1. The third kappa shape index (κ3) is 3.61. The normalized spacial score (nSPS) is 18.0. The van der Waals surface area contributed by atoms with E-state index in [1.54, 1.807) is 23.4 Å². The van der Waals surface area contributed by atoms with Crippen molar-refractivity contribution in [2.45, 2.75) is 32.2 Å². The first-order valence-corrected chi connectivity index (χ1v) is 8.10. The number of hydrogen-bond acceptors (Lipinski definition) is 4. The van der Waals surface area contributed by atoms with Gasteiger partial charge in [-0.3, -0.25) is 5.32 Å². The van der Waals surface area contributed by atoms with Crippen molar-refractivity contribution in [1.29, 1.82) is 0 Å². The molecule has 3 heterocycles. The molecule has 0 aromatic carbocycles. The number of nitrogens with one attached hydrogen (secondary N) is 1. The average molecular weight is 335 g/mol. The predicted octanol–water partition coefficient (Wildman–Crippen LogP) is 2.76. The van der Waals surface area contributed by atoms with Crippen LogP contribution in [-0.4, -0.2) is 43.8 Å². The van der Waals surface area contributed by atoms with Crippen LogP contribution in [0.2, 0.25) is 5.02 Å². The van der Waals surface area contributed by atoms with Gasteiger partial charge in [0.25, 0.3) is 0 Å². The van der Waals surface area contributed by atoms with Crippen LogP contribution in [0.25, 0.3) is 0 Å². The molecule has 0 aliphatic carbocycles. The second-order valence-electron chi connectivity index (χ2n) is 5.55. The van der Waals surface area contributed by atoms with Gasteiger partial charge < -0.3 is 9.47 Å². The zero-order chi connectivity index (χ0) is 16.2. The number of anilines is 1. The van der Waals surface area contributed by atoms with Crippen LogP contribution in [0.5, 0.6) is 0 Å². The van der Waals surface area contributed by atoms with E-state index in [1.807, 2.05) is 4.57 Å². The van der Waals surface area contributed by atoms with E-state index in [2.05, 4.69) is 27.4 Å². The lowest BCUT2D eigenvalue weighted by Crippen LogP contribution is -2.42. The Morgan fingerprint density at radius 3 is 3.09 bits per heavy atom. The summed E-state index contributed by atoms with van der Waals surface area (Å²) in [7, 11) is 0. The van der Waals surface area contributed by atoms with Gasteiger partial charge in [-0.1, -0.05) is 11.6 Å². The number of likely N-dealkylation sites (tertiary alicyclic amines) is 1. The number of carbonyl (C=O) groups excluding carboxylic acids is 1. The van der Waals surface area contributed by atoms with Gasteiger partial charge in [-0.15, -0.1) is 10.2 Å². The first-order chi connectivity index (χ1) is 11.2. The highest BCUT2D eigenvalue weighted by atomic mass is 35.5. The molecule has 8 heteroatoms. The maximum absolute atomic E-state index is 12.4. The summed E-state index contributed by atoms with van der Waals surface area (Å²) in [6, 6.07) is 3.24. The second kappa shape index (κ2) is 6.95. The van der Waals surface area contributed by atoms with Crippen LogP contribution in [0.15, 0.2) is 24.7 Å². The maximum atomic E-state index is 12.4. The number of nitrogens with zero attached hydrogens (tertiary/aromatic N) is 5. The van der Waals surface area contributed by atoms with Crippen molar-refractivity contribution in [3.8, 4) is 0 Å². The lowest BCUT2D eigenvalue weighted by molar-refractivity contribution is 0.190. The van der Waals surface area contributed by atoms with Gasteiger partial charge in [0, 0.05) is 31.7 Å². The Morgan fingerprint density at radius 2 is 2.35 bits per heavy atom. The van der Waals surface area contributed by atoms with E-state index in [1.165, 1.54) is 6.20 Å². The summed E-state index contributed by atoms with van der Waals surface area (Å²) < 4.78 is 2.03. The number of amides is 2. The van der Waals surface area contributed by atoms with Crippen LogP contribution in [0.4, 0.5) is 10.6 Å². The van der Waals surface area contributed by atoms with E-state index in [-0.39, 0.29) is 11.9 Å². The van der Waals surface area contributed by atoms with Crippen molar-refractivity contribution in [1.82, 2.24) is 24.6 Å². The first kappa shape index (κ1) is 15.7. The molecular weight excluding hydrogens is 316 g/mol. The lowest BCUT2D eigenvalue weighted by atomic mass is 9.97. The van der Waals surface area contributed by atoms with Gasteiger partial charge >= 0.3 is 6.03 Å². The number of rotatable bonds is 3. The topological polar surface area (TPSA) is 75.9 Å². The van der Waals surface area contributed by atoms with Gasteiger partial charge in [0.2, 0.25) is 0 Å². The Kier molecular flexibility index (Phi) is 4.76. The van der Waals surface area contributed by atoms with E-state index in [4.69, 9.17) is 11.6 Å². The minimum Gasteiger partial charge on any atom is -0.324 e. The number of aromatic nitrogens is 4. The molecule has 1 atom stereocenters. The SMILES string of the molecule is CCn1cnnc1[C@H]1CCCN(C(=O)Nc2ccc(Cl)cn2)C1. The van der Waals surface area contributed by atoms with E-state index < -0.39 is 0 Å². The van der Waals surface area contributed by atoms with Gasteiger partial charge in [0.05, 0.1) is 5.02 Å². The minimum absolute atomic E-state index is 0.146. The minimum atomic E-state index is -0.146. The molecule has 1 saturated heterocycles. The molecule has 1 N–H and O–H groups in total. The molecule has 1 aliphatic heterocycles. The summed E-state index contributed by atoms with van der Waals surface area (Å²) in [5, 5.41) is 11.6. The van der Waals surface area contributed by atoms with Crippen molar-refractivity contribution in [2.75, 3.05) is 18.4 Å². The van der Waals surface area contributed by atoms with E-state index in [9.17, 15) is 4.79 Å². The van der Waals surface area contributed by atoms with Crippen molar-refractivity contribution in [2.24, 2.45) is 0 Å². The number of piperidine rings is 1. The van der Waals surface area contributed by atoms with Gasteiger partial charge in [-0.25, -0.2) is 9.78 Å². The number of urea groups is 1. The fourth-order valence-corrected chi connectivity index (χ4v) is 2.95. The monoisotopic (exact) mass is 334 g/mol. The molecule has 0 unspecified atom stereocenters. The van der Waals surface area contributed by atoms with Crippen molar-refractivity contribution in [3.05, 3.63) is 35.5 Å². The molecule has 0 spiro atoms. The molecule has 2 aromatic heterocycles. The summed E-state index contributed by atoms with van der Waals surface area (Å²) in [6.07, 6.45) is 5.22. The first-order valence-electron chi connectivity index (χ1n) is 7.72. The average Bonchev–Trinajstić information content (AvgIpc) is 3.06. The quantitative estimate of drug-likeness (QED) is 0.936. The number of aryl methyl sites for hydroxylation is 1. The van der Waals surface area contributed by atoms with Crippen LogP contribution in [-0.2, 0) is 6.54 Å². The molecule has 1 aliphatic rings. The number of halogens is 1. The predicted molar refractivity (Wildman–Crippen MR) is 87.5 cm³/mol. The van der Waals surface area contributed by atoms with Crippen molar-refractivity contribution in [3.63, 3.8) is 0 Å². The molecule has 23 heavy (non-hydrogen) atoms. The lowest BCUT2D eigenvalue weighted by Gasteiger charge is -2.32. The molecule has 3 rings (SSSR count). The number of pyridine rings is 1. The van der Waals surface area contributed by atoms with Gasteiger partial charge in [-0.2, -0.15) is 0 Å². The summed E-state index contributed by atoms with van der Waals surface area (Å²) in [6.45, 7) is 4.26. The summed E-state index contributed by atoms with van der Waals surface area (Å²) in [4.78, 5) is 18.3. The summed E-state index contributed by atoms with van der Waals surface area (Å²) >= 11 is 5.80. The zero-order valence-electron chi connectivity index (χ0n) is 12.9. The zero-order valence-corrected chi connectivity index (χ0v) is 13.7. The van der Waals surface area contributed by atoms with Gasteiger partial charge in [0.15, 0.2) is 0 Å².